The fraction of sp³-hybridized carbons (Fsp3) is 0.333. The van der Waals surface area contributed by atoms with E-state index in [1.165, 1.54) is 13.2 Å². The lowest BCUT2D eigenvalue weighted by molar-refractivity contribution is 0.145. The molecule has 0 aliphatic heterocycles. The third-order valence-corrected chi connectivity index (χ3v) is 2.26. The highest BCUT2D eigenvalue weighted by Crippen LogP contribution is 2.31. The van der Waals surface area contributed by atoms with Crippen molar-refractivity contribution in [2.24, 2.45) is 0 Å². The van der Waals surface area contributed by atoms with Crippen molar-refractivity contribution in [3.63, 3.8) is 0 Å². The van der Waals surface area contributed by atoms with Gasteiger partial charge in [-0.3, -0.25) is 0 Å². The highest BCUT2D eigenvalue weighted by atomic mass is 79.9. The van der Waals surface area contributed by atoms with Crippen molar-refractivity contribution in [2.45, 2.75) is 12.8 Å². The molecule has 0 radical (unpaired) electrons. The number of pyridine rings is 1. The first kappa shape index (κ1) is 11.9. The van der Waals surface area contributed by atoms with Gasteiger partial charge in [-0.1, -0.05) is 0 Å². The maximum absolute atomic E-state index is 12.4. The van der Waals surface area contributed by atoms with Gasteiger partial charge >= 0.3 is 0 Å². The smallest absolute Gasteiger partial charge is 0.280 e. The number of rotatable bonds is 3. The monoisotopic (exact) mass is 276 g/mol. The van der Waals surface area contributed by atoms with Gasteiger partial charge in [0, 0.05) is 5.56 Å². The summed E-state index contributed by atoms with van der Waals surface area (Å²) < 4.78 is 29.9. The molecule has 3 nitrogen and oxygen atoms in total. The average molecular weight is 277 g/mol. The molecule has 0 amide bonds. The molecule has 1 heterocycles. The van der Waals surface area contributed by atoms with Gasteiger partial charge in [0.05, 0.1) is 19.6 Å². The third kappa shape index (κ3) is 2.63. The topological polar surface area (TPSA) is 45.9 Å². The summed E-state index contributed by atoms with van der Waals surface area (Å²) in [5.74, 6) is 0.320. The molecular weight excluding hydrogens is 270 g/mol. The summed E-state index contributed by atoms with van der Waals surface area (Å²) in [6, 6.07) is 3.06. The van der Waals surface area contributed by atoms with Crippen molar-refractivity contribution in [3.05, 3.63) is 21.9 Å². The van der Waals surface area contributed by atoms with E-state index in [1.807, 2.05) is 6.07 Å². The zero-order chi connectivity index (χ0) is 11.4. The summed E-state index contributed by atoms with van der Waals surface area (Å²) in [5, 5.41) is 8.53. The molecule has 0 fully saturated rings. The van der Waals surface area contributed by atoms with Crippen LogP contribution < -0.4 is 4.74 Å². The number of alkyl halides is 2. The second kappa shape index (κ2) is 5.03. The Morgan fingerprint density at radius 1 is 1.67 bits per heavy atom. The van der Waals surface area contributed by atoms with E-state index in [9.17, 15) is 8.78 Å². The minimum atomic E-state index is -2.66. The van der Waals surface area contributed by atoms with Crippen molar-refractivity contribution in [2.75, 3.05) is 7.11 Å². The zero-order valence-electron chi connectivity index (χ0n) is 7.80. The number of ether oxygens (including phenoxy) is 1. The normalized spacial score (nSPS) is 10.1. The molecule has 0 spiro atoms. The number of halogens is 3. The first-order valence-electron chi connectivity index (χ1n) is 3.98. The predicted octanol–water partition coefficient (Wildman–Crippen LogP) is 2.86. The van der Waals surface area contributed by atoms with Crippen LogP contribution in [-0.4, -0.2) is 12.1 Å². The molecule has 80 valence electrons. The Labute approximate surface area is 93.8 Å². The van der Waals surface area contributed by atoms with Gasteiger partial charge in [-0.2, -0.15) is 5.26 Å². The van der Waals surface area contributed by atoms with Gasteiger partial charge in [-0.25, -0.2) is 13.8 Å². The Balaban J connectivity index is 3.26. The van der Waals surface area contributed by atoms with E-state index >= 15 is 0 Å². The van der Waals surface area contributed by atoms with E-state index in [2.05, 4.69) is 20.9 Å². The number of hydrogen-bond donors (Lipinski definition) is 0. The summed E-state index contributed by atoms with van der Waals surface area (Å²) in [5.41, 5.74) is 0.0325. The van der Waals surface area contributed by atoms with Crippen LogP contribution in [0.4, 0.5) is 8.78 Å². The van der Waals surface area contributed by atoms with Gasteiger partial charge in [-0.05, 0) is 22.0 Å². The largest absolute Gasteiger partial charge is 0.494 e. The maximum Gasteiger partial charge on any atom is 0.280 e. The summed E-state index contributed by atoms with van der Waals surface area (Å²) in [6.45, 7) is 0. The molecule has 0 atom stereocenters. The molecule has 1 rings (SSSR count). The van der Waals surface area contributed by atoms with E-state index in [1.54, 1.807) is 0 Å². The number of hydrogen-bond acceptors (Lipinski definition) is 3. The first-order valence-corrected chi connectivity index (χ1v) is 4.77. The minimum Gasteiger partial charge on any atom is -0.494 e. The molecule has 0 aliphatic rings. The molecule has 0 unspecified atom stereocenters. The number of aromatic nitrogens is 1. The Morgan fingerprint density at radius 3 is 2.80 bits per heavy atom. The van der Waals surface area contributed by atoms with Crippen LogP contribution in [0.2, 0.25) is 0 Å². The standard InChI is InChI=1S/C9H7BrF2N2O/c1-15-7-5(2-3-13)4-6(9(11)12)14-8(7)10/h4,9H,2H2,1H3. The minimum absolute atomic E-state index is 0.00398. The Bertz CT molecular complexity index is 404. The Kier molecular flexibility index (Phi) is 3.97. The van der Waals surface area contributed by atoms with E-state index in [0.717, 1.165) is 0 Å². The van der Waals surface area contributed by atoms with Crippen LogP contribution in [0.3, 0.4) is 0 Å². The molecule has 15 heavy (non-hydrogen) atoms. The van der Waals surface area contributed by atoms with E-state index in [0.29, 0.717) is 11.3 Å². The second-order valence-corrected chi connectivity index (χ2v) is 3.42. The summed E-state index contributed by atoms with van der Waals surface area (Å²) in [6.07, 6.45) is -2.66. The number of nitrogens with zero attached hydrogens (tertiary/aromatic N) is 2. The Hall–Kier alpha value is -1.22. The van der Waals surface area contributed by atoms with Crippen molar-refractivity contribution < 1.29 is 13.5 Å². The highest BCUT2D eigenvalue weighted by Gasteiger charge is 2.16. The van der Waals surface area contributed by atoms with Crippen LogP contribution in [0.25, 0.3) is 0 Å². The third-order valence-electron chi connectivity index (χ3n) is 1.73. The lowest BCUT2D eigenvalue weighted by atomic mass is 10.1. The quantitative estimate of drug-likeness (QED) is 0.798. The molecule has 1 aromatic heterocycles. The van der Waals surface area contributed by atoms with Gasteiger partial charge < -0.3 is 4.74 Å². The molecule has 1 aromatic rings. The molecular formula is C9H7BrF2N2O. The fourth-order valence-corrected chi connectivity index (χ4v) is 1.74. The highest BCUT2D eigenvalue weighted by molar-refractivity contribution is 9.10. The summed E-state index contributed by atoms with van der Waals surface area (Å²) in [4.78, 5) is 3.62. The van der Waals surface area contributed by atoms with Gasteiger partial charge in [0.2, 0.25) is 0 Å². The molecule has 0 saturated carbocycles. The van der Waals surface area contributed by atoms with Gasteiger partial charge in [0.1, 0.15) is 10.3 Å². The summed E-state index contributed by atoms with van der Waals surface area (Å²) >= 11 is 3.02. The van der Waals surface area contributed by atoms with Crippen LogP contribution >= 0.6 is 15.9 Å². The maximum atomic E-state index is 12.4. The van der Waals surface area contributed by atoms with Crippen LogP contribution in [0.1, 0.15) is 17.7 Å². The fourth-order valence-electron chi connectivity index (χ4n) is 1.12. The summed E-state index contributed by atoms with van der Waals surface area (Å²) in [7, 11) is 1.39. The number of nitriles is 1. The van der Waals surface area contributed by atoms with E-state index < -0.39 is 6.43 Å². The van der Waals surface area contributed by atoms with Crippen LogP contribution in [0, 0.1) is 11.3 Å². The predicted molar refractivity (Wildman–Crippen MR) is 52.8 cm³/mol. The van der Waals surface area contributed by atoms with E-state index in [4.69, 9.17) is 10.00 Å². The molecule has 0 saturated heterocycles. The SMILES string of the molecule is COc1c(CC#N)cc(C(F)F)nc1Br. The molecule has 6 heteroatoms. The lowest BCUT2D eigenvalue weighted by Crippen LogP contribution is -1.99. The molecule has 0 aromatic carbocycles. The molecule has 0 N–H and O–H groups in total. The van der Waals surface area contributed by atoms with Crippen molar-refractivity contribution in [1.82, 2.24) is 4.98 Å². The Morgan fingerprint density at radius 2 is 2.33 bits per heavy atom. The van der Waals surface area contributed by atoms with Crippen LogP contribution in [-0.2, 0) is 6.42 Å². The van der Waals surface area contributed by atoms with Crippen molar-refractivity contribution in [1.29, 1.82) is 5.26 Å². The van der Waals surface area contributed by atoms with Crippen molar-refractivity contribution in [3.8, 4) is 11.8 Å². The van der Waals surface area contributed by atoms with E-state index in [-0.39, 0.29) is 16.7 Å². The average Bonchev–Trinajstić information content (AvgIpc) is 2.17. The molecule has 0 bridgehead atoms. The molecule has 0 aliphatic carbocycles. The lowest BCUT2D eigenvalue weighted by Gasteiger charge is -2.09. The van der Waals surface area contributed by atoms with Crippen LogP contribution in [0.15, 0.2) is 10.7 Å². The second-order valence-electron chi connectivity index (χ2n) is 2.67. The first-order chi connectivity index (χ1) is 7.10. The van der Waals surface area contributed by atoms with Gasteiger partial charge in [0.15, 0.2) is 5.75 Å². The zero-order valence-corrected chi connectivity index (χ0v) is 9.38. The van der Waals surface area contributed by atoms with Gasteiger partial charge in [0.25, 0.3) is 6.43 Å². The number of methoxy groups -OCH3 is 1. The van der Waals surface area contributed by atoms with Crippen molar-refractivity contribution >= 4 is 15.9 Å². The van der Waals surface area contributed by atoms with Gasteiger partial charge in [-0.15, -0.1) is 0 Å². The van der Waals surface area contributed by atoms with Crippen LogP contribution in [0.5, 0.6) is 5.75 Å².